The minimum Gasteiger partial charge on any atom is -0.371 e. The fourth-order valence-corrected chi connectivity index (χ4v) is 3.76. The monoisotopic (exact) mass is 547 g/mol. The van der Waals surface area contributed by atoms with Crippen LogP contribution in [0, 0.1) is 12.8 Å². The van der Waals surface area contributed by atoms with Crippen molar-refractivity contribution in [1.82, 2.24) is 15.6 Å². The van der Waals surface area contributed by atoms with Crippen LogP contribution in [0.15, 0.2) is 41.5 Å². The van der Waals surface area contributed by atoms with Crippen LogP contribution >= 0.6 is 47.2 Å². The highest BCUT2D eigenvalue weighted by Gasteiger charge is 2.24. The summed E-state index contributed by atoms with van der Waals surface area (Å²) in [4.78, 5) is 10.9. The Morgan fingerprint density at radius 2 is 2.07 bits per heavy atom. The zero-order valence-electron chi connectivity index (χ0n) is 16.8. The first-order valence-electron chi connectivity index (χ1n) is 9.61. The fraction of sp³-hybridized carbons (Fsp3) is 0.429. The van der Waals surface area contributed by atoms with Gasteiger partial charge in [0, 0.05) is 50.1 Å². The summed E-state index contributed by atoms with van der Waals surface area (Å²) in [6.07, 6.45) is 3.84. The van der Waals surface area contributed by atoms with Crippen molar-refractivity contribution >= 4 is 58.8 Å². The highest BCUT2D eigenvalue weighted by atomic mass is 127. The van der Waals surface area contributed by atoms with Crippen LogP contribution in [0.2, 0.25) is 10.2 Å². The van der Waals surface area contributed by atoms with Crippen LogP contribution in [0.1, 0.15) is 17.5 Å². The van der Waals surface area contributed by atoms with E-state index in [0.29, 0.717) is 11.1 Å². The number of anilines is 1. The Bertz CT molecular complexity index is 813. The molecule has 0 spiro atoms. The molecule has 1 aliphatic heterocycles. The van der Waals surface area contributed by atoms with Crippen molar-refractivity contribution in [2.24, 2.45) is 10.9 Å². The Morgan fingerprint density at radius 3 is 2.79 bits per heavy atom. The Balaban J connectivity index is 0.00000300. The lowest BCUT2D eigenvalue weighted by Crippen LogP contribution is -2.41. The molecule has 1 aliphatic rings. The van der Waals surface area contributed by atoms with E-state index in [4.69, 9.17) is 23.2 Å². The fourth-order valence-electron chi connectivity index (χ4n) is 3.48. The maximum Gasteiger partial charge on any atom is 0.190 e. The number of hydrogen-bond donors (Lipinski definition) is 2. The van der Waals surface area contributed by atoms with Gasteiger partial charge in [-0.05, 0) is 55.0 Å². The molecule has 2 N–H and O–H groups in total. The van der Waals surface area contributed by atoms with Crippen molar-refractivity contribution in [1.29, 1.82) is 0 Å². The Hall–Kier alpha value is -1.25. The first-order chi connectivity index (χ1) is 13.5. The Kier molecular flexibility index (Phi) is 9.79. The van der Waals surface area contributed by atoms with Gasteiger partial charge < -0.3 is 15.5 Å². The number of aryl methyl sites for hydroxylation is 1. The zero-order valence-corrected chi connectivity index (χ0v) is 20.6. The van der Waals surface area contributed by atoms with E-state index in [1.54, 1.807) is 7.05 Å². The minimum absolute atomic E-state index is 0. The molecule has 2 heterocycles. The van der Waals surface area contributed by atoms with E-state index < -0.39 is 0 Å². The molecule has 29 heavy (non-hydrogen) atoms. The molecule has 1 saturated heterocycles. The number of pyridine rings is 1. The highest BCUT2D eigenvalue weighted by molar-refractivity contribution is 14.0. The second kappa shape index (κ2) is 11.8. The third-order valence-corrected chi connectivity index (χ3v) is 5.53. The van der Waals surface area contributed by atoms with E-state index in [2.05, 4.69) is 44.6 Å². The molecular formula is C21H28Cl2IN5. The predicted molar refractivity (Wildman–Crippen MR) is 134 cm³/mol. The van der Waals surface area contributed by atoms with Crippen molar-refractivity contribution in [2.45, 2.75) is 19.8 Å². The smallest absolute Gasteiger partial charge is 0.190 e. The number of nitrogens with one attached hydrogen (secondary N) is 2. The second-order valence-electron chi connectivity index (χ2n) is 7.15. The minimum atomic E-state index is 0. The summed E-state index contributed by atoms with van der Waals surface area (Å²) in [5.74, 6) is 1.41. The summed E-state index contributed by atoms with van der Waals surface area (Å²) in [6.45, 7) is 5.92. The lowest BCUT2D eigenvalue weighted by Gasteiger charge is -2.21. The molecule has 0 bridgehead atoms. The van der Waals surface area contributed by atoms with E-state index in [1.807, 2.05) is 24.4 Å². The van der Waals surface area contributed by atoms with Crippen molar-refractivity contribution in [3.63, 3.8) is 0 Å². The predicted octanol–water partition coefficient (Wildman–Crippen LogP) is 4.55. The van der Waals surface area contributed by atoms with Gasteiger partial charge in [-0.3, -0.25) is 4.99 Å². The normalized spacial score (nSPS) is 16.5. The molecule has 2 aromatic rings. The number of rotatable bonds is 6. The lowest BCUT2D eigenvalue weighted by molar-refractivity contribution is 0.566. The third-order valence-electron chi connectivity index (χ3n) is 5.07. The molecule has 0 amide bonds. The van der Waals surface area contributed by atoms with Crippen LogP contribution in [0.4, 0.5) is 5.69 Å². The molecule has 8 heteroatoms. The second-order valence-corrected chi connectivity index (χ2v) is 7.97. The van der Waals surface area contributed by atoms with Crippen molar-refractivity contribution < 1.29 is 0 Å². The Morgan fingerprint density at radius 1 is 1.24 bits per heavy atom. The number of guanidine groups is 1. The molecule has 3 rings (SSSR count). The van der Waals surface area contributed by atoms with Gasteiger partial charge in [0.05, 0.1) is 0 Å². The average Bonchev–Trinajstić information content (AvgIpc) is 3.16. The van der Waals surface area contributed by atoms with Gasteiger partial charge in [0.1, 0.15) is 5.15 Å². The van der Waals surface area contributed by atoms with Gasteiger partial charge in [-0.2, -0.15) is 0 Å². The summed E-state index contributed by atoms with van der Waals surface area (Å²) in [6, 6.07) is 9.92. The van der Waals surface area contributed by atoms with E-state index in [9.17, 15) is 0 Å². The van der Waals surface area contributed by atoms with Crippen LogP contribution in [-0.4, -0.2) is 44.2 Å². The van der Waals surface area contributed by atoms with Crippen molar-refractivity contribution in [2.75, 3.05) is 38.1 Å². The van der Waals surface area contributed by atoms with E-state index in [-0.39, 0.29) is 24.0 Å². The summed E-state index contributed by atoms with van der Waals surface area (Å²) in [5.41, 5.74) is 3.66. The number of aromatic nitrogens is 1. The third kappa shape index (κ3) is 7.19. The summed E-state index contributed by atoms with van der Waals surface area (Å²) < 4.78 is 0. The van der Waals surface area contributed by atoms with Gasteiger partial charge in [0.15, 0.2) is 5.96 Å². The molecule has 1 fully saturated rings. The van der Waals surface area contributed by atoms with Gasteiger partial charge in [-0.15, -0.1) is 24.0 Å². The van der Waals surface area contributed by atoms with Gasteiger partial charge in [-0.1, -0.05) is 35.3 Å². The molecule has 1 unspecified atom stereocenters. The summed E-state index contributed by atoms with van der Waals surface area (Å²) >= 11 is 12.0. The van der Waals surface area contributed by atoms with E-state index in [0.717, 1.165) is 55.6 Å². The average molecular weight is 548 g/mol. The van der Waals surface area contributed by atoms with Gasteiger partial charge in [-0.25, -0.2) is 4.98 Å². The molecule has 0 radical (unpaired) electrons. The van der Waals surface area contributed by atoms with Crippen molar-refractivity contribution in [3.8, 4) is 0 Å². The van der Waals surface area contributed by atoms with Gasteiger partial charge in [0.2, 0.25) is 0 Å². The summed E-state index contributed by atoms with van der Waals surface area (Å²) in [7, 11) is 1.80. The van der Waals surface area contributed by atoms with E-state index in [1.165, 1.54) is 11.3 Å². The van der Waals surface area contributed by atoms with Gasteiger partial charge in [0.25, 0.3) is 0 Å². The number of aliphatic imine (C=N–C) groups is 1. The molecule has 1 aromatic carbocycles. The van der Waals surface area contributed by atoms with Gasteiger partial charge >= 0.3 is 0 Å². The first-order valence-corrected chi connectivity index (χ1v) is 10.4. The quantitative estimate of drug-likeness (QED) is 0.241. The largest absolute Gasteiger partial charge is 0.371 e. The van der Waals surface area contributed by atoms with Crippen LogP contribution in [0.5, 0.6) is 0 Å². The maximum atomic E-state index is 6.18. The molecule has 5 nitrogen and oxygen atoms in total. The first kappa shape index (κ1) is 24.0. The lowest BCUT2D eigenvalue weighted by atomic mass is 10.1. The van der Waals surface area contributed by atoms with Crippen LogP contribution in [0.25, 0.3) is 0 Å². The topological polar surface area (TPSA) is 52.6 Å². The Labute approximate surface area is 200 Å². The molecule has 158 valence electrons. The van der Waals surface area contributed by atoms with Crippen molar-refractivity contribution in [3.05, 3.63) is 57.8 Å². The van der Waals surface area contributed by atoms with E-state index >= 15 is 0 Å². The molecule has 0 aliphatic carbocycles. The standard InChI is InChI=1S/C21H27Cl2N5.HI/c1-15-3-5-18(22)11-19(15)28-10-8-17(14-28)13-27-21(24-2)25-9-7-16-4-6-20(23)26-12-16;/h3-6,11-12,17H,7-10,13-14H2,1-2H3,(H2,24,25,27);1H. The van der Waals surface area contributed by atoms with Crippen LogP contribution in [-0.2, 0) is 6.42 Å². The number of halogens is 3. The van der Waals surface area contributed by atoms with Crippen LogP contribution < -0.4 is 15.5 Å². The van der Waals surface area contributed by atoms with Crippen LogP contribution in [0.3, 0.4) is 0 Å². The number of hydrogen-bond acceptors (Lipinski definition) is 3. The maximum absolute atomic E-state index is 6.18. The molecular weight excluding hydrogens is 520 g/mol. The molecule has 0 saturated carbocycles. The zero-order chi connectivity index (χ0) is 19.9. The number of nitrogens with zero attached hydrogens (tertiary/aromatic N) is 3. The molecule has 1 atom stereocenters. The molecule has 1 aromatic heterocycles. The summed E-state index contributed by atoms with van der Waals surface area (Å²) in [5, 5.41) is 8.13. The number of benzene rings is 1. The highest BCUT2D eigenvalue weighted by Crippen LogP contribution is 2.29. The SMILES string of the molecule is CN=C(NCCc1ccc(Cl)nc1)NCC1CCN(c2cc(Cl)ccc2C)C1.I.